The molecule has 0 radical (unpaired) electrons. The van der Waals surface area contributed by atoms with Gasteiger partial charge in [0.05, 0.1) is 0 Å². The zero-order chi connectivity index (χ0) is 11.1. The SMILES string of the molecule is CCSCCN[C@@H](C)c1cccc(C)c1. The molecule has 84 valence electrons. The molecule has 0 aromatic heterocycles. The lowest BCUT2D eigenvalue weighted by molar-refractivity contribution is 0.601. The molecule has 0 bridgehead atoms. The van der Waals surface area contributed by atoms with Crippen molar-refractivity contribution in [3.63, 3.8) is 0 Å². The van der Waals surface area contributed by atoms with Gasteiger partial charge < -0.3 is 5.32 Å². The molecule has 1 N–H and O–H groups in total. The quantitative estimate of drug-likeness (QED) is 0.742. The summed E-state index contributed by atoms with van der Waals surface area (Å²) in [6, 6.07) is 9.18. The molecule has 0 aliphatic carbocycles. The molecule has 1 rings (SSSR count). The summed E-state index contributed by atoms with van der Waals surface area (Å²) in [5.74, 6) is 2.41. The maximum Gasteiger partial charge on any atom is 0.0292 e. The van der Waals surface area contributed by atoms with Crippen LogP contribution < -0.4 is 5.32 Å². The minimum Gasteiger partial charge on any atom is -0.309 e. The van der Waals surface area contributed by atoms with Crippen molar-refractivity contribution in [2.45, 2.75) is 26.8 Å². The number of benzene rings is 1. The molecule has 0 heterocycles. The molecule has 0 amide bonds. The van der Waals surface area contributed by atoms with Gasteiger partial charge in [-0.3, -0.25) is 0 Å². The maximum absolute atomic E-state index is 3.54. The van der Waals surface area contributed by atoms with Gasteiger partial charge in [-0.25, -0.2) is 0 Å². The molecule has 1 aromatic carbocycles. The lowest BCUT2D eigenvalue weighted by atomic mass is 10.1. The molecule has 1 nitrogen and oxygen atoms in total. The smallest absolute Gasteiger partial charge is 0.0292 e. The van der Waals surface area contributed by atoms with Crippen LogP contribution in [-0.4, -0.2) is 18.1 Å². The molecule has 1 atom stereocenters. The van der Waals surface area contributed by atoms with Crippen molar-refractivity contribution < 1.29 is 0 Å². The van der Waals surface area contributed by atoms with E-state index in [0.29, 0.717) is 6.04 Å². The van der Waals surface area contributed by atoms with Crippen LogP contribution in [0.3, 0.4) is 0 Å². The van der Waals surface area contributed by atoms with Crippen molar-refractivity contribution in [1.82, 2.24) is 5.32 Å². The van der Waals surface area contributed by atoms with Crippen LogP contribution in [0.1, 0.15) is 31.0 Å². The predicted octanol–water partition coefficient (Wildman–Crippen LogP) is 3.40. The van der Waals surface area contributed by atoms with Gasteiger partial charge in [0.25, 0.3) is 0 Å². The van der Waals surface area contributed by atoms with E-state index in [1.807, 2.05) is 11.8 Å². The number of nitrogens with one attached hydrogen (secondary N) is 1. The van der Waals surface area contributed by atoms with Gasteiger partial charge >= 0.3 is 0 Å². The van der Waals surface area contributed by atoms with E-state index in [9.17, 15) is 0 Å². The van der Waals surface area contributed by atoms with Gasteiger partial charge in [0.2, 0.25) is 0 Å². The third-order valence-corrected chi connectivity index (χ3v) is 3.34. The summed E-state index contributed by atoms with van der Waals surface area (Å²) in [4.78, 5) is 0. The van der Waals surface area contributed by atoms with Crippen molar-refractivity contribution >= 4 is 11.8 Å². The van der Waals surface area contributed by atoms with Crippen molar-refractivity contribution in [1.29, 1.82) is 0 Å². The number of rotatable bonds is 6. The molecule has 1 aromatic rings. The van der Waals surface area contributed by atoms with Crippen LogP contribution in [0.4, 0.5) is 0 Å². The van der Waals surface area contributed by atoms with E-state index in [0.717, 1.165) is 6.54 Å². The van der Waals surface area contributed by atoms with Crippen LogP contribution in [0.15, 0.2) is 24.3 Å². The Bertz CT molecular complexity index is 286. The van der Waals surface area contributed by atoms with Gasteiger partial charge in [-0.15, -0.1) is 0 Å². The predicted molar refractivity (Wildman–Crippen MR) is 70.6 cm³/mol. The fourth-order valence-corrected chi connectivity index (χ4v) is 2.10. The van der Waals surface area contributed by atoms with E-state index in [1.165, 1.54) is 22.6 Å². The summed E-state index contributed by atoms with van der Waals surface area (Å²) in [6.07, 6.45) is 0. The highest BCUT2D eigenvalue weighted by atomic mass is 32.2. The summed E-state index contributed by atoms with van der Waals surface area (Å²) in [7, 11) is 0. The van der Waals surface area contributed by atoms with Crippen molar-refractivity contribution in [3.8, 4) is 0 Å². The Kier molecular flexibility index (Phi) is 5.81. The van der Waals surface area contributed by atoms with Crippen LogP contribution in [0.25, 0.3) is 0 Å². The second kappa shape index (κ2) is 6.91. The fraction of sp³-hybridized carbons (Fsp3) is 0.538. The average molecular weight is 223 g/mol. The highest BCUT2D eigenvalue weighted by Crippen LogP contribution is 2.13. The molecule has 0 fully saturated rings. The van der Waals surface area contributed by atoms with Crippen LogP contribution >= 0.6 is 11.8 Å². The standard InChI is InChI=1S/C13H21NS/c1-4-15-9-8-14-12(3)13-7-5-6-11(2)10-13/h5-7,10,12,14H,4,8-9H2,1-3H3/t12-/m0/s1. The number of hydrogen-bond donors (Lipinski definition) is 1. The zero-order valence-corrected chi connectivity index (χ0v) is 10.7. The Morgan fingerprint density at radius 3 is 2.87 bits per heavy atom. The van der Waals surface area contributed by atoms with Crippen molar-refractivity contribution in [3.05, 3.63) is 35.4 Å². The summed E-state index contributed by atoms with van der Waals surface area (Å²) in [5.41, 5.74) is 2.72. The van der Waals surface area contributed by atoms with Crippen LogP contribution in [0, 0.1) is 6.92 Å². The molecule has 0 spiro atoms. The Labute approximate surface area is 97.7 Å². The largest absolute Gasteiger partial charge is 0.309 e. The summed E-state index contributed by atoms with van der Waals surface area (Å²) in [6.45, 7) is 7.66. The van der Waals surface area contributed by atoms with Crippen LogP contribution in [-0.2, 0) is 0 Å². The van der Waals surface area contributed by atoms with E-state index in [2.05, 4.69) is 50.4 Å². The lowest BCUT2D eigenvalue weighted by Gasteiger charge is -2.14. The first-order valence-electron chi connectivity index (χ1n) is 5.61. The molecule has 0 aliphatic heterocycles. The monoisotopic (exact) mass is 223 g/mol. The fourth-order valence-electron chi connectivity index (χ4n) is 1.55. The normalized spacial score (nSPS) is 12.7. The number of aryl methyl sites for hydroxylation is 1. The van der Waals surface area contributed by atoms with E-state index in [1.54, 1.807) is 0 Å². The summed E-state index contributed by atoms with van der Waals surface area (Å²) < 4.78 is 0. The molecule has 2 heteroatoms. The van der Waals surface area contributed by atoms with Crippen LogP contribution in [0.5, 0.6) is 0 Å². The molecular formula is C13H21NS. The molecule has 15 heavy (non-hydrogen) atoms. The van der Waals surface area contributed by atoms with E-state index < -0.39 is 0 Å². The summed E-state index contributed by atoms with van der Waals surface area (Å²) >= 11 is 1.99. The third kappa shape index (κ3) is 4.72. The highest BCUT2D eigenvalue weighted by molar-refractivity contribution is 7.99. The Morgan fingerprint density at radius 1 is 1.40 bits per heavy atom. The first-order chi connectivity index (χ1) is 7.24. The number of hydrogen-bond acceptors (Lipinski definition) is 2. The van der Waals surface area contributed by atoms with Gasteiger partial charge in [-0.05, 0) is 25.2 Å². The van der Waals surface area contributed by atoms with Crippen molar-refractivity contribution in [2.24, 2.45) is 0 Å². The Morgan fingerprint density at radius 2 is 2.20 bits per heavy atom. The first-order valence-corrected chi connectivity index (χ1v) is 6.77. The summed E-state index contributed by atoms with van der Waals surface area (Å²) in [5, 5.41) is 3.54. The second-order valence-corrected chi connectivity index (χ2v) is 5.18. The topological polar surface area (TPSA) is 12.0 Å². The molecule has 0 saturated heterocycles. The van der Waals surface area contributed by atoms with E-state index >= 15 is 0 Å². The Balaban J connectivity index is 2.36. The molecule has 0 unspecified atom stereocenters. The molecular weight excluding hydrogens is 202 g/mol. The maximum atomic E-state index is 3.54. The first kappa shape index (κ1) is 12.6. The molecule has 0 aliphatic rings. The highest BCUT2D eigenvalue weighted by Gasteiger charge is 2.03. The van der Waals surface area contributed by atoms with Gasteiger partial charge in [0.1, 0.15) is 0 Å². The second-order valence-electron chi connectivity index (χ2n) is 3.79. The van der Waals surface area contributed by atoms with Crippen molar-refractivity contribution in [2.75, 3.05) is 18.1 Å². The third-order valence-electron chi connectivity index (χ3n) is 2.44. The van der Waals surface area contributed by atoms with Gasteiger partial charge in [-0.2, -0.15) is 11.8 Å². The Hall–Kier alpha value is -0.470. The van der Waals surface area contributed by atoms with E-state index in [4.69, 9.17) is 0 Å². The van der Waals surface area contributed by atoms with Crippen LogP contribution in [0.2, 0.25) is 0 Å². The average Bonchev–Trinajstić information content (AvgIpc) is 2.24. The number of thioether (sulfide) groups is 1. The van der Waals surface area contributed by atoms with Gasteiger partial charge in [0, 0.05) is 18.3 Å². The lowest BCUT2D eigenvalue weighted by Crippen LogP contribution is -2.21. The zero-order valence-electron chi connectivity index (χ0n) is 9.92. The van der Waals surface area contributed by atoms with E-state index in [-0.39, 0.29) is 0 Å². The molecule has 0 saturated carbocycles. The van der Waals surface area contributed by atoms with Gasteiger partial charge in [-0.1, -0.05) is 36.8 Å². The minimum atomic E-state index is 0.461. The van der Waals surface area contributed by atoms with Gasteiger partial charge in [0.15, 0.2) is 0 Å². The minimum absolute atomic E-state index is 0.461.